The first-order valence-corrected chi connectivity index (χ1v) is 10.3. The van der Waals surface area contributed by atoms with E-state index < -0.39 is 8.32 Å². The summed E-state index contributed by atoms with van der Waals surface area (Å²) in [4.78, 5) is 0. The fourth-order valence-electron chi connectivity index (χ4n) is 2.24. The Kier molecular flexibility index (Phi) is 3.87. The van der Waals surface area contributed by atoms with E-state index in [4.69, 9.17) is 9.16 Å². The molecule has 0 spiro atoms. The number of nitrogens with zero attached hydrogens (tertiary/aromatic N) is 1. The van der Waals surface area contributed by atoms with Gasteiger partial charge in [0, 0.05) is 7.05 Å². The summed E-state index contributed by atoms with van der Waals surface area (Å²) in [6.07, 6.45) is 0. The van der Waals surface area contributed by atoms with E-state index in [1.54, 1.807) is 7.11 Å². The normalized spacial score (nSPS) is 12.8. The molecule has 0 radical (unpaired) electrons. The molecule has 4 heteroatoms. The number of aromatic nitrogens is 1. The van der Waals surface area contributed by atoms with Crippen LogP contribution in [0.4, 0.5) is 0 Å². The Bertz CT molecular complexity index is 665. The Morgan fingerprint density at radius 2 is 1.76 bits per heavy atom. The van der Waals surface area contributed by atoms with E-state index in [1.807, 2.05) is 12.1 Å². The van der Waals surface area contributed by atoms with Gasteiger partial charge < -0.3 is 13.7 Å². The lowest BCUT2D eigenvalue weighted by Crippen LogP contribution is -2.44. The minimum atomic E-state index is -1.89. The van der Waals surface area contributed by atoms with Crippen LogP contribution in [0.2, 0.25) is 18.1 Å². The molecule has 2 aromatic rings. The maximum absolute atomic E-state index is 6.61. The number of methoxy groups -OCH3 is 1. The monoisotopic (exact) mass is 305 g/mol. The van der Waals surface area contributed by atoms with E-state index in [0.717, 1.165) is 28.1 Å². The fraction of sp³-hybridized carbons (Fsp3) is 0.529. The van der Waals surface area contributed by atoms with Gasteiger partial charge in [0.25, 0.3) is 8.32 Å². The molecule has 3 nitrogen and oxygen atoms in total. The van der Waals surface area contributed by atoms with Crippen LogP contribution >= 0.6 is 0 Å². The van der Waals surface area contributed by atoms with Gasteiger partial charge >= 0.3 is 0 Å². The summed E-state index contributed by atoms with van der Waals surface area (Å²) < 4.78 is 14.4. The van der Waals surface area contributed by atoms with Gasteiger partial charge in [0.15, 0.2) is 0 Å². The predicted molar refractivity (Wildman–Crippen MR) is 92.0 cm³/mol. The Morgan fingerprint density at radius 1 is 1.14 bits per heavy atom. The maximum Gasteiger partial charge on any atom is 0.250 e. The summed E-state index contributed by atoms with van der Waals surface area (Å²) in [6.45, 7) is 13.5. The summed E-state index contributed by atoms with van der Waals surface area (Å²) in [5.41, 5.74) is 2.31. The largest absolute Gasteiger partial charge is 0.542 e. The van der Waals surface area contributed by atoms with Gasteiger partial charge in [-0.2, -0.15) is 0 Å². The van der Waals surface area contributed by atoms with Gasteiger partial charge in [-0.1, -0.05) is 26.8 Å². The third-order valence-electron chi connectivity index (χ3n) is 4.81. The van der Waals surface area contributed by atoms with E-state index >= 15 is 0 Å². The summed E-state index contributed by atoms with van der Waals surface area (Å²) in [7, 11) is 1.91. The molecule has 21 heavy (non-hydrogen) atoms. The highest BCUT2D eigenvalue weighted by molar-refractivity contribution is 6.74. The Balaban J connectivity index is 2.67. The second-order valence-corrected chi connectivity index (χ2v) is 11.9. The van der Waals surface area contributed by atoms with Crippen molar-refractivity contribution in [2.75, 3.05) is 7.11 Å². The first kappa shape index (κ1) is 16.0. The molecular weight excluding hydrogens is 278 g/mol. The van der Waals surface area contributed by atoms with E-state index in [-0.39, 0.29) is 5.04 Å². The van der Waals surface area contributed by atoms with Crippen LogP contribution < -0.4 is 9.16 Å². The van der Waals surface area contributed by atoms with E-state index in [1.165, 1.54) is 0 Å². The number of hydrogen-bond acceptors (Lipinski definition) is 2. The van der Waals surface area contributed by atoms with Crippen molar-refractivity contribution in [3.05, 3.63) is 23.9 Å². The van der Waals surface area contributed by atoms with Gasteiger partial charge in [-0.25, -0.2) is 0 Å². The quantitative estimate of drug-likeness (QED) is 0.755. The molecule has 1 heterocycles. The van der Waals surface area contributed by atoms with E-state index in [0.29, 0.717) is 0 Å². The molecule has 1 aromatic heterocycles. The third kappa shape index (κ3) is 2.57. The van der Waals surface area contributed by atoms with Crippen LogP contribution in [0.15, 0.2) is 18.2 Å². The number of ether oxygens (including phenoxy) is 1. The standard InChI is InChI=1S/C17H27NO2Si/c1-12-16(20-21(7,8)17(2,3)4)15-13(18(12)5)10-9-11-14(15)19-6/h9-11H,1-8H3. The maximum atomic E-state index is 6.61. The van der Waals surface area contributed by atoms with Crippen LogP contribution in [0.3, 0.4) is 0 Å². The van der Waals surface area contributed by atoms with Crippen LogP contribution in [-0.2, 0) is 7.05 Å². The average molecular weight is 305 g/mol. The van der Waals surface area contributed by atoms with Crippen molar-refractivity contribution in [3.8, 4) is 11.5 Å². The smallest absolute Gasteiger partial charge is 0.250 e. The molecule has 0 saturated heterocycles. The molecule has 0 aliphatic heterocycles. The van der Waals surface area contributed by atoms with Gasteiger partial charge in [-0.15, -0.1) is 0 Å². The molecular formula is C17H27NO2Si. The predicted octanol–water partition coefficient (Wildman–Crippen LogP) is 4.88. The topological polar surface area (TPSA) is 23.4 Å². The molecule has 0 N–H and O–H groups in total. The Hall–Kier alpha value is -1.42. The van der Waals surface area contributed by atoms with Crippen molar-refractivity contribution in [2.45, 2.75) is 45.8 Å². The molecule has 116 valence electrons. The van der Waals surface area contributed by atoms with Crippen molar-refractivity contribution in [1.29, 1.82) is 0 Å². The first-order valence-electron chi connectivity index (χ1n) is 7.41. The molecule has 0 atom stereocenters. The van der Waals surface area contributed by atoms with Gasteiger partial charge in [0.1, 0.15) is 11.5 Å². The lowest BCUT2D eigenvalue weighted by Gasteiger charge is -2.36. The van der Waals surface area contributed by atoms with Gasteiger partial charge in [-0.3, -0.25) is 0 Å². The lowest BCUT2D eigenvalue weighted by molar-refractivity contribution is 0.418. The molecule has 0 fully saturated rings. The van der Waals surface area contributed by atoms with Crippen molar-refractivity contribution in [3.63, 3.8) is 0 Å². The molecule has 0 aliphatic carbocycles. The highest BCUT2D eigenvalue weighted by Gasteiger charge is 2.40. The molecule has 2 rings (SSSR count). The second-order valence-electron chi connectivity index (χ2n) is 7.19. The van der Waals surface area contributed by atoms with Gasteiger partial charge in [-0.05, 0) is 37.2 Å². The zero-order chi connectivity index (χ0) is 16.0. The molecule has 1 aromatic carbocycles. The molecule has 0 saturated carbocycles. The highest BCUT2D eigenvalue weighted by Crippen LogP contribution is 2.43. The molecule has 0 aliphatic rings. The van der Waals surface area contributed by atoms with Crippen LogP contribution in [0, 0.1) is 6.92 Å². The SMILES string of the molecule is COc1cccc2c1c(O[Si](C)(C)C(C)(C)C)c(C)n2C. The summed E-state index contributed by atoms with van der Waals surface area (Å²) in [6, 6.07) is 6.14. The number of rotatable bonds is 3. The van der Waals surface area contributed by atoms with Crippen molar-refractivity contribution >= 4 is 19.2 Å². The second kappa shape index (κ2) is 5.09. The zero-order valence-electron chi connectivity index (χ0n) is 14.5. The number of benzene rings is 1. The van der Waals surface area contributed by atoms with Crippen molar-refractivity contribution in [1.82, 2.24) is 4.57 Å². The van der Waals surface area contributed by atoms with E-state index in [2.05, 4.69) is 58.5 Å². The Morgan fingerprint density at radius 3 is 2.29 bits per heavy atom. The van der Waals surface area contributed by atoms with Gasteiger partial charge in [0.2, 0.25) is 0 Å². The minimum Gasteiger partial charge on any atom is -0.542 e. The number of aryl methyl sites for hydroxylation is 1. The highest BCUT2D eigenvalue weighted by atomic mass is 28.4. The average Bonchev–Trinajstić information content (AvgIpc) is 2.62. The molecule has 0 bridgehead atoms. The molecule has 0 unspecified atom stereocenters. The van der Waals surface area contributed by atoms with Crippen molar-refractivity contribution < 1.29 is 9.16 Å². The van der Waals surface area contributed by atoms with E-state index in [9.17, 15) is 0 Å². The van der Waals surface area contributed by atoms with Crippen LogP contribution in [0.25, 0.3) is 10.9 Å². The number of hydrogen-bond donors (Lipinski definition) is 0. The third-order valence-corrected chi connectivity index (χ3v) is 9.13. The van der Waals surface area contributed by atoms with Crippen LogP contribution in [0.5, 0.6) is 11.5 Å². The summed E-state index contributed by atoms with van der Waals surface area (Å²) in [5, 5.41) is 1.26. The first-order chi connectivity index (χ1) is 9.60. The fourth-order valence-corrected chi connectivity index (χ4v) is 3.31. The zero-order valence-corrected chi connectivity index (χ0v) is 15.5. The lowest BCUT2D eigenvalue weighted by atomic mass is 10.2. The Labute approximate surface area is 129 Å². The summed E-state index contributed by atoms with van der Waals surface area (Å²) >= 11 is 0. The van der Waals surface area contributed by atoms with Gasteiger partial charge in [0.05, 0.1) is 23.7 Å². The van der Waals surface area contributed by atoms with Crippen LogP contribution in [-0.4, -0.2) is 20.0 Å². The van der Waals surface area contributed by atoms with Crippen molar-refractivity contribution in [2.24, 2.45) is 7.05 Å². The molecule has 0 amide bonds. The summed E-state index contributed by atoms with van der Waals surface area (Å²) in [5.74, 6) is 1.86. The number of fused-ring (bicyclic) bond motifs is 1. The minimum absolute atomic E-state index is 0.170. The van der Waals surface area contributed by atoms with Crippen LogP contribution in [0.1, 0.15) is 26.5 Å².